The molecule has 3 aromatic carbocycles. The summed E-state index contributed by atoms with van der Waals surface area (Å²) in [6.45, 7) is 0. The van der Waals surface area contributed by atoms with Gasteiger partial charge in [0.2, 0.25) is 0 Å². The van der Waals surface area contributed by atoms with Gasteiger partial charge in [0.05, 0.1) is 0 Å². The van der Waals surface area contributed by atoms with Gasteiger partial charge in [-0.25, -0.2) is 8.78 Å². The predicted octanol–water partition coefficient (Wildman–Crippen LogP) is 5.27. The molecule has 1 heterocycles. The second-order valence-corrected chi connectivity index (χ2v) is 5.08. The summed E-state index contributed by atoms with van der Waals surface area (Å²) in [6.07, 6.45) is 0. The number of aromatic nitrogens is 1. The molecule has 102 valence electrons. The number of aromatic amines is 1. The Morgan fingerprint density at radius 2 is 1.14 bits per heavy atom. The normalized spacial score (nSPS) is 11.3. The van der Waals surface area contributed by atoms with E-state index in [1.807, 2.05) is 18.2 Å². The molecule has 0 unspecified atom stereocenters. The molecule has 0 aliphatic rings. The third-order valence-electron chi connectivity index (χ3n) is 3.74. The maximum atomic E-state index is 13.3. The average Bonchev–Trinajstić information content (AvgIpc) is 2.84. The highest BCUT2D eigenvalue weighted by atomic mass is 19.1. The van der Waals surface area contributed by atoms with Crippen molar-refractivity contribution in [2.24, 2.45) is 0 Å². The van der Waals surface area contributed by atoms with Crippen LogP contribution < -0.4 is 0 Å². The number of fused-ring (bicyclic) bond motifs is 3. The van der Waals surface area contributed by atoms with Gasteiger partial charge in [0.1, 0.15) is 11.6 Å². The number of rotatable bonds is 1. The van der Waals surface area contributed by atoms with E-state index < -0.39 is 0 Å². The lowest BCUT2D eigenvalue weighted by Crippen LogP contribution is -1.79. The molecule has 21 heavy (non-hydrogen) atoms. The number of hydrogen-bond donors (Lipinski definition) is 1. The summed E-state index contributed by atoms with van der Waals surface area (Å²) >= 11 is 0. The van der Waals surface area contributed by atoms with Gasteiger partial charge in [-0.1, -0.05) is 24.3 Å². The maximum absolute atomic E-state index is 13.3. The minimum atomic E-state index is -0.257. The predicted molar refractivity (Wildman–Crippen MR) is 81.2 cm³/mol. The first-order chi connectivity index (χ1) is 10.2. The highest BCUT2D eigenvalue weighted by Crippen LogP contribution is 2.30. The number of hydrogen-bond acceptors (Lipinski definition) is 0. The molecule has 0 atom stereocenters. The molecule has 4 aromatic rings. The molecule has 0 aliphatic carbocycles. The fourth-order valence-electron chi connectivity index (χ4n) is 2.70. The van der Waals surface area contributed by atoms with Gasteiger partial charge in [0.25, 0.3) is 0 Å². The van der Waals surface area contributed by atoms with Crippen LogP contribution in [0.25, 0.3) is 32.9 Å². The van der Waals surface area contributed by atoms with Crippen molar-refractivity contribution in [2.75, 3.05) is 0 Å². The Bertz CT molecular complexity index is 952. The van der Waals surface area contributed by atoms with Crippen LogP contribution in [-0.4, -0.2) is 4.98 Å². The van der Waals surface area contributed by atoms with Gasteiger partial charge in [-0.15, -0.1) is 0 Å². The summed E-state index contributed by atoms with van der Waals surface area (Å²) in [7, 11) is 0. The Hall–Kier alpha value is -2.68. The third kappa shape index (κ3) is 1.98. The molecule has 0 saturated heterocycles. The van der Waals surface area contributed by atoms with Crippen LogP contribution in [0.5, 0.6) is 0 Å². The van der Waals surface area contributed by atoms with Gasteiger partial charge >= 0.3 is 0 Å². The third-order valence-corrected chi connectivity index (χ3v) is 3.74. The lowest BCUT2D eigenvalue weighted by molar-refractivity contribution is 0.628. The molecule has 1 nitrogen and oxygen atoms in total. The van der Waals surface area contributed by atoms with E-state index in [-0.39, 0.29) is 11.6 Å². The maximum Gasteiger partial charge on any atom is 0.125 e. The van der Waals surface area contributed by atoms with E-state index in [1.54, 1.807) is 18.2 Å². The average molecular weight is 279 g/mol. The largest absolute Gasteiger partial charge is 0.354 e. The van der Waals surface area contributed by atoms with E-state index in [4.69, 9.17) is 0 Å². The fraction of sp³-hybridized carbons (Fsp3) is 0. The summed E-state index contributed by atoms with van der Waals surface area (Å²) < 4.78 is 26.3. The summed E-state index contributed by atoms with van der Waals surface area (Å²) in [5, 5.41) is 2.05. The van der Waals surface area contributed by atoms with Crippen LogP contribution in [0.1, 0.15) is 0 Å². The summed E-state index contributed by atoms with van der Waals surface area (Å²) in [6, 6.07) is 17.1. The molecule has 4 rings (SSSR count). The van der Waals surface area contributed by atoms with E-state index in [2.05, 4.69) is 4.98 Å². The topological polar surface area (TPSA) is 15.8 Å². The molecule has 1 N–H and O–H groups in total. The van der Waals surface area contributed by atoms with Crippen LogP contribution in [0.15, 0.2) is 60.7 Å². The van der Waals surface area contributed by atoms with Crippen LogP contribution >= 0.6 is 0 Å². The Kier molecular flexibility index (Phi) is 2.54. The zero-order valence-corrected chi connectivity index (χ0v) is 11.0. The smallest absolute Gasteiger partial charge is 0.125 e. The van der Waals surface area contributed by atoms with Crippen LogP contribution in [0, 0.1) is 11.6 Å². The van der Waals surface area contributed by atoms with E-state index in [0.29, 0.717) is 0 Å². The van der Waals surface area contributed by atoms with Crippen LogP contribution in [0.3, 0.4) is 0 Å². The van der Waals surface area contributed by atoms with Crippen molar-refractivity contribution in [3.8, 4) is 11.1 Å². The van der Waals surface area contributed by atoms with Gasteiger partial charge < -0.3 is 4.98 Å². The molecule has 0 aliphatic heterocycles. The number of halogens is 2. The van der Waals surface area contributed by atoms with Crippen molar-refractivity contribution in [2.45, 2.75) is 0 Å². The quantitative estimate of drug-likeness (QED) is 0.489. The van der Waals surface area contributed by atoms with Gasteiger partial charge in [-0.2, -0.15) is 0 Å². The van der Waals surface area contributed by atoms with Gasteiger partial charge in [0.15, 0.2) is 0 Å². The number of benzene rings is 3. The van der Waals surface area contributed by atoms with Crippen LogP contribution in [-0.2, 0) is 0 Å². The Balaban J connectivity index is 1.93. The first-order valence-corrected chi connectivity index (χ1v) is 6.68. The number of nitrogens with one attached hydrogen (secondary N) is 1. The Morgan fingerprint density at radius 1 is 0.571 bits per heavy atom. The molecule has 0 radical (unpaired) electrons. The van der Waals surface area contributed by atoms with Crippen molar-refractivity contribution >= 4 is 21.8 Å². The molecule has 0 saturated carbocycles. The second kappa shape index (κ2) is 4.42. The molecular weight excluding hydrogens is 268 g/mol. The van der Waals surface area contributed by atoms with Gasteiger partial charge in [-0.3, -0.25) is 0 Å². The van der Waals surface area contributed by atoms with Gasteiger partial charge in [0, 0.05) is 21.8 Å². The first kappa shape index (κ1) is 12.1. The summed E-state index contributed by atoms with van der Waals surface area (Å²) in [4.78, 5) is 3.23. The lowest BCUT2D eigenvalue weighted by Gasteiger charge is -2.02. The minimum absolute atomic E-state index is 0.249. The van der Waals surface area contributed by atoms with Crippen molar-refractivity contribution in [1.82, 2.24) is 4.98 Å². The SMILES string of the molecule is Fc1ccc(-c2ccc3c(c2)[nH]c2cc(F)ccc23)cc1. The zero-order valence-electron chi connectivity index (χ0n) is 11.0. The van der Waals surface area contributed by atoms with E-state index >= 15 is 0 Å². The summed E-state index contributed by atoms with van der Waals surface area (Å²) in [5.74, 6) is -0.506. The Morgan fingerprint density at radius 3 is 1.90 bits per heavy atom. The highest BCUT2D eigenvalue weighted by molar-refractivity contribution is 6.08. The Labute approximate surface area is 119 Å². The molecular formula is C18H11F2N. The lowest BCUT2D eigenvalue weighted by atomic mass is 10.0. The fourth-order valence-corrected chi connectivity index (χ4v) is 2.70. The minimum Gasteiger partial charge on any atom is -0.354 e. The van der Waals surface area contributed by atoms with Crippen molar-refractivity contribution in [1.29, 1.82) is 0 Å². The van der Waals surface area contributed by atoms with Gasteiger partial charge in [-0.05, 0) is 47.5 Å². The second-order valence-electron chi connectivity index (χ2n) is 5.08. The monoisotopic (exact) mass is 279 g/mol. The standard InChI is InChI=1S/C18H11F2N/c19-13-4-1-11(2-5-13)12-3-7-15-16-8-6-14(20)10-18(16)21-17(15)9-12/h1-10,21H. The van der Waals surface area contributed by atoms with Crippen LogP contribution in [0.2, 0.25) is 0 Å². The summed E-state index contributed by atoms with van der Waals surface area (Å²) in [5.41, 5.74) is 3.66. The molecule has 0 bridgehead atoms. The molecule has 0 spiro atoms. The van der Waals surface area contributed by atoms with E-state index in [1.165, 1.54) is 24.3 Å². The van der Waals surface area contributed by atoms with Crippen molar-refractivity contribution < 1.29 is 8.78 Å². The highest BCUT2D eigenvalue weighted by Gasteiger charge is 2.07. The van der Waals surface area contributed by atoms with E-state index in [0.717, 1.165) is 32.9 Å². The molecule has 0 fully saturated rings. The molecule has 3 heteroatoms. The molecule has 0 amide bonds. The van der Waals surface area contributed by atoms with Crippen LogP contribution in [0.4, 0.5) is 8.78 Å². The van der Waals surface area contributed by atoms with E-state index in [9.17, 15) is 8.78 Å². The zero-order chi connectivity index (χ0) is 14.4. The van der Waals surface area contributed by atoms with Crippen molar-refractivity contribution in [3.63, 3.8) is 0 Å². The number of H-pyrrole nitrogens is 1. The molecule has 1 aromatic heterocycles. The first-order valence-electron chi connectivity index (χ1n) is 6.68. The van der Waals surface area contributed by atoms with Crippen molar-refractivity contribution in [3.05, 3.63) is 72.3 Å².